The first kappa shape index (κ1) is 13.4. The van der Waals surface area contributed by atoms with Crippen molar-refractivity contribution < 1.29 is 9.18 Å². The van der Waals surface area contributed by atoms with E-state index in [9.17, 15) is 9.18 Å². The molecule has 0 bridgehead atoms. The normalized spacial score (nSPS) is 10.2. The molecule has 5 nitrogen and oxygen atoms in total. The third kappa shape index (κ3) is 3.25. The number of nitrogens with two attached hydrogens (primary N) is 1. The van der Waals surface area contributed by atoms with Gasteiger partial charge in [-0.2, -0.15) is 0 Å². The number of anilines is 1. The number of nitrogens with zero attached hydrogens (tertiary/aromatic N) is 2. The lowest BCUT2D eigenvalue weighted by molar-refractivity contribution is 0.0949. The third-order valence-electron chi connectivity index (χ3n) is 2.40. The maximum absolute atomic E-state index is 13.2. The van der Waals surface area contributed by atoms with Crippen molar-refractivity contribution in [1.82, 2.24) is 15.3 Å². The highest BCUT2D eigenvalue weighted by atomic mass is 79.9. The molecule has 1 heterocycles. The van der Waals surface area contributed by atoms with Gasteiger partial charge < -0.3 is 11.1 Å². The summed E-state index contributed by atoms with van der Waals surface area (Å²) in [5.41, 5.74) is 6.31. The SMILES string of the molecule is Nc1cc(C(=O)NCc2ccncn2)c(Br)cc1F. The Labute approximate surface area is 117 Å². The number of carbonyl (C=O) groups excluding carboxylic acids is 1. The first-order valence-corrected chi connectivity index (χ1v) is 6.15. The van der Waals surface area contributed by atoms with Gasteiger partial charge in [0.25, 0.3) is 5.91 Å². The lowest BCUT2D eigenvalue weighted by Gasteiger charge is -2.08. The summed E-state index contributed by atoms with van der Waals surface area (Å²) in [6, 6.07) is 4.14. The van der Waals surface area contributed by atoms with E-state index in [2.05, 4.69) is 31.2 Å². The Balaban J connectivity index is 2.10. The molecule has 98 valence electrons. The smallest absolute Gasteiger partial charge is 0.252 e. The van der Waals surface area contributed by atoms with Crippen molar-refractivity contribution in [1.29, 1.82) is 0 Å². The molecule has 3 N–H and O–H groups in total. The topological polar surface area (TPSA) is 80.9 Å². The van der Waals surface area contributed by atoms with Crippen LogP contribution in [0.5, 0.6) is 0 Å². The molecule has 19 heavy (non-hydrogen) atoms. The second kappa shape index (κ2) is 5.75. The Bertz CT molecular complexity index is 606. The monoisotopic (exact) mass is 324 g/mol. The number of nitrogens with one attached hydrogen (secondary N) is 1. The van der Waals surface area contributed by atoms with E-state index in [0.29, 0.717) is 10.2 Å². The Morgan fingerprint density at radius 1 is 1.47 bits per heavy atom. The number of halogens is 2. The van der Waals surface area contributed by atoms with E-state index in [0.717, 1.165) is 6.07 Å². The standard InChI is InChI=1S/C12H10BrFN4O/c13-9-4-10(14)11(15)3-8(9)12(19)17-5-7-1-2-16-6-18-7/h1-4,6H,5,15H2,(H,17,19). The fraction of sp³-hybridized carbons (Fsp3) is 0.0833. The molecule has 0 atom stereocenters. The van der Waals surface area contributed by atoms with E-state index >= 15 is 0 Å². The summed E-state index contributed by atoms with van der Waals surface area (Å²) >= 11 is 3.13. The molecule has 0 aliphatic carbocycles. The van der Waals surface area contributed by atoms with Gasteiger partial charge in [0.05, 0.1) is 23.5 Å². The molecule has 0 unspecified atom stereocenters. The Kier molecular flexibility index (Phi) is 4.06. The number of amides is 1. The lowest BCUT2D eigenvalue weighted by Crippen LogP contribution is -2.24. The van der Waals surface area contributed by atoms with Gasteiger partial charge >= 0.3 is 0 Å². The summed E-state index contributed by atoms with van der Waals surface area (Å²) in [6.45, 7) is 0.255. The van der Waals surface area contributed by atoms with Crippen LogP contribution in [0, 0.1) is 5.82 Å². The molecule has 2 rings (SSSR count). The molecule has 0 saturated heterocycles. The molecular weight excluding hydrogens is 315 g/mol. The van der Waals surface area contributed by atoms with Crippen molar-refractivity contribution in [2.24, 2.45) is 0 Å². The van der Waals surface area contributed by atoms with Gasteiger partial charge in [-0.15, -0.1) is 0 Å². The zero-order chi connectivity index (χ0) is 13.8. The number of hydrogen-bond acceptors (Lipinski definition) is 4. The molecule has 0 aliphatic rings. The Hall–Kier alpha value is -2.02. The van der Waals surface area contributed by atoms with Crippen molar-refractivity contribution in [2.75, 3.05) is 5.73 Å². The van der Waals surface area contributed by atoms with Gasteiger partial charge in [0.15, 0.2) is 0 Å². The second-order valence-electron chi connectivity index (χ2n) is 3.74. The highest BCUT2D eigenvalue weighted by Crippen LogP contribution is 2.22. The van der Waals surface area contributed by atoms with Crippen LogP contribution in [0.2, 0.25) is 0 Å². The van der Waals surface area contributed by atoms with Gasteiger partial charge in [0.2, 0.25) is 0 Å². The number of aromatic nitrogens is 2. The number of nitrogen functional groups attached to an aromatic ring is 1. The van der Waals surface area contributed by atoms with Crippen LogP contribution in [-0.2, 0) is 6.54 Å². The predicted molar refractivity (Wildman–Crippen MR) is 71.7 cm³/mol. The van der Waals surface area contributed by atoms with Crippen LogP contribution in [0.3, 0.4) is 0 Å². The van der Waals surface area contributed by atoms with E-state index in [1.807, 2.05) is 0 Å². The van der Waals surface area contributed by atoms with Crippen LogP contribution < -0.4 is 11.1 Å². The molecule has 0 aliphatic heterocycles. The van der Waals surface area contributed by atoms with Gasteiger partial charge in [-0.1, -0.05) is 0 Å². The quantitative estimate of drug-likeness (QED) is 0.845. The first-order chi connectivity index (χ1) is 9.08. The Morgan fingerprint density at radius 3 is 2.95 bits per heavy atom. The van der Waals surface area contributed by atoms with Crippen LogP contribution in [0.25, 0.3) is 0 Å². The minimum Gasteiger partial charge on any atom is -0.396 e. The van der Waals surface area contributed by atoms with Crippen molar-refractivity contribution in [3.8, 4) is 0 Å². The third-order valence-corrected chi connectivity index (χ3v) is 3.06. The van der Waals surface area contributed by atoms with Gasteiger partial charge in [0, 0.05) is 10.7 Å². The maximum Gasteiger partial charge on any atom is 0.252 e. The minimum atomic E-state index is -0.570. The van der Waals surface area contributed by atoms with Crippen LogP contribution in [0.15, 0.2) is 35.2 Å². The van der Waals surface area contributed by atoms with E-state index in [1.165, 1.54) is 12.4 Å². The van der Waals surface area contributed by atoms with Crippen molar-refractivity contribution in [2.45, 2.75) is 6.54 Å². The molecule has 0 radical (unpaired) electrons. The van der Waals surface area contributed by atoms with Crippen molar-refractivity contribution in [3.05, 3.63) is 52.3 Å². The Morgan fingerprint density at radius 2 is 2.26 bits per heavy atom. The first-order valence-electron chi connectivity index (χ1n) is 5.35. The zero-order valence-electron chi connectivity index (χ0n) is 9.73. The fourth-order valence-corrected chi connectivity index (χ4v) is 1.92. The fourth-order valence-electron chi connectivity index (χ4n) is 1.43. The molecule has 0 spiro atoms. The molecule has 0 fully saturated rings. The number of rotatable bonds is 3. The number of benzene rings is 1. The van der Waals surface area contributed by atoms with Crippen LogP contribution in [0.1, 0.15) is 16.1 Å². The molecular formula is C12H10BrFN4O. The molecule has 1 aromatic heterocycles. The second-order valence-corrected chi connectivity index (χ2v) is 4.59. The largest absolute Gasteiger partial charge is 0.396 e. The van der Waals surface area contributed by atoms with E-state index in [-0.39, 0.29) is 23.7 Å². The molecule has 0 saturated carbocycles. The molecule has 1 amide bonds. The number of carbonyl (C=O) groups is 1. The van der Waals surface area contributed by atoms with Crippen LogP contribution >= 0.6 is 15.9 Å². The molecule has 7 heteroatoms. The number of hydrogen-bond donors (Lipinski definition) is 2. The summed E-state index contributed by atoms with van der Waals surface area (Å²) in [5, 5.41) is 2.67. The summed E-state index contributed by atoms with van der Waals surface area (Å²) in [4.78, 5) is 19.7. The lowest BCUT2D eigenvalue weighted by atomic mass is 10.2. The van der Waals surface area contributed by atoms with Crippen molar-refractivity contribution >= 4 is 27.5 Å². The average molecular weight is 325 g/mol. The molecule has 2 aromatic rings. The van der Waals surface area contributed by atoms with E-state index in [1.54, 1.807) is 12.3 Å². The highest BCUT2D eigenvalue weighted by Gasteiger charge is 2.13. The minimum absolute atomic E-state index is 0.0737. The maximum atomic E-state index is 13.2. The molecule has 1 aromatic carbocycles. The zero-order valence-corrected chi connectivity index (χ0v) is 11.3. The van der Waals surface area contributed by atoms with Gasteiger partial charge in [-0.05, 0) is 34.1 Å². The van der Waals surface area contributed by atoms with Crippen LogP contribution in [-0.4, -0.2) is 15.9 Å². The van der Waals surface area contributed by atoms with Crippen LogP contribution in [0.4, 0.5) is 10.1 Å². The summed E-state index contributed by atoms with van der Waals surface area (Å²) in [7, 11) is 0. The highest BCUT2D eigenvalue weighted by molar-refractivity contribution is 9.10. The van der Waals surface area contributed by atoms with E-state index in [4.69, 9.17) is 5.73 Å². The van der Waals surface area contributed by atoms with E-state index < -0.39 is 5.82 Å². The average Bonchev–Trinajstić information content (AvgIpc) is 2.41. The van der Waals surface area contributed by atoms with Crippen molar-refractivity contribution in [3.63, 3.8) is 0 Å². The summed E-state index contributed by atoms with van der Waals surface area (Å²) in [5.74, 6) is -0.934. The summed E-state index contributed by atoms with van der Waals surface area (Å²) < 4.78 is 13.5. The summed E-state index contributed by atoms with van der Waals surface area (Å²) in [6.07, 6.45) is 2.98. The van der Waals surface area contributed by atoms with Gasteiger partial charge in [0.1, 0.15) is 12.1 Å². The van der Waals surface area contributed by atoms with Gasteiger partial charge in [-0.25, -0.2) is 14.4 Å². The van der Waals surface area contributed by atoms with Gasteiger partial charge in [-0.3, -0.25) is 4.79 Å². The predicted octanol–water partition coefficient (Wildman–Crippen LogP) is 1.89.